The molecular formula is C12H27N3O3. The highest BCUT2D eigenvalue weighted by Gasteiger charge is 2.18. The minimum atomic E-state index is -0.330. The zero-order valence-corrected chi connectivity index (χ0v) is 11.6. The summed E-state index contributed by atoms with van der Waals surface area (Å²) >= 11 is 0. The van der Waals surface area contributed by atoms with E-state index in [0.717, 1.165) is 13.1 Å². The molecule has 1 atom stereocenters. The Hall–Kier alpha value is -0.690. The molecule has 0 radical (unpaired) electrons. The summed E-state index contributed by atoms with van der Waals surface area (Å²) in [7, 11) is 0. The van der Waals surface area contributed by atoms with E-state index in [-0.39, 0.29) is 18.4 Å². The van der Waals surface area contributed by atoms with E-state index in [0.29, 0.717) is 33.0 Å². The molecule has 1 unspecified atom stereocenters. The van der Waals surface area contributed by atoms with Gasteiger partial charge in [0, 0.05) is 45.3 Å². The largest absolute Gasteiger partial charge is 0.380 e. The highest BCUT2D eigenvalue weighted by atomic mass is 16.5. The lowest BCUT2D eigenvalue weighted by atomic mass is 10.1. The summed E-state index contributed by atoms with van der Waals surface area (Å²) in [6.45, 7) is 8.39. The second-order valence-electron chi connectivity index (χ2n) is 3.99. The van der Waals surface area contributed by atoms with Crippen molar-refractivity contribution in [1.29, 1.82) is 0 Å². The standard InChI is InChI=1S/C12H27N3O3/c1-3-17-7-5-15(6-8-18-4-2)11(10-13)9-12(14)16/h11H,3-10,13H2,1-2H3,(H2,14,16). The Balaban J connectivity index is 4.24. The van der Waals surface area contributed by atoms with Gasteiger partial charge >= 0.3 is 0 Å². The zero-order valence-electron chi connectivity index (χ0n) is 11.6. The van der Waals surface area contributed by atoms with Gasteiger partial charge in [0.25, 0.3) is 0 Å². The van der Waals surface area contributed by atoms with Crippen LogP contribution in [0.4, 0.5) is 0 Å². The predicted octanol–water partition coefficient (Wildman–Crippen LogP) is -0.436. The van der Waals surface area contributed by atoms with Crippen molar-refractivity contribution in [3.05, 3.63) is 0 Å². The summed E-state index contributed by atoms with van der Waals surface area (Å²) in [6.07, 6.45) is 0.273. The minimum absolute atomic E-state index is 0.0385. The third-order valence-corrected chi connectivity index (χ3v) is 2.68. The number of nitrogens with zero attached hydrogens (tertiary/aromatic N) is 1. The molecule has 0 rings (SSSR count). The maximum absolute atomic E-state index is 11.0. The summed E-state index contributed by atoms with van der Waals surface area (Å²) in [5.74, 6) is -0.330. The quantitative estimate of drug-likeness (QED) is 0.465. The summed E-state index contributed by atoms with van der Waals surface area (Å²) < 4.78 is 10.7. The molecule has 0 saturated carbocycles. The van der Waals surface area contributed by atoms with Gasteiger partial charge in [0.1, 0.15) is 0 Å². The Morgan fingerprint density at radius 2 is 1.67 bits per heavy atom. The number of nitrogens with two attached hydrogens (primary N) is 2. The SMILES string of the molecule is CCOCCN(CCOCC)C(CN)CC(N)=O. The highest BCUT2D eigenvalue weighted by molar-refractivity contribution is 5.74. The van der Waals surface area contributed by atoms with Crippen LogP contribution < -0.4 is 11.5 Å². The average molecular weight is 261 g/mol. The Bertz CT molecular complexity index is 205. The fraction of sp³-hybridized carbons (Fsp3) is 0.917. The number of ether oxygens (including phenoxy) is 2. The molecule has 0 spiro atoms. The summed E-state index contributed by atoms with van der Waals surface area (Å²) in [4.78, 5) is 13.1. The van der Waals surface area contributed by atoms with Crippen molar-refractivity contribution in [2.75, 3.05) is 46.1 Å². The van der Waals surface area contributed by atoms with Crippen molar-refractivity contribution in [3.8, 4) is 0 Å². The molecule has 0 bridgehead atoms. The Labute approximate surface area is 110 Å². The topological polar surface area (TPSA) is 90.8 Å². The normalized spacial score (nSPS) is 12.9. The maximum atomic E-state index is 11.0. The lowest BCUT2D eigenvalue weighted by Crippen LogP contribution is -2.46. The van der Waals surface area contributed by atoms with Gasteiger partial charge in [-0.05, 0) is 13.8 Å². The van der Waals surface area contributed by atoms with Crippen LogP contribution in [0.1, 0.15) is 20.3 Å². The number of carbonyl (C=O) groups excluding carboxylic acids is 1. The van der Waals surface area contributed by atoms with Crippen LogP contribution in [0.15, 0.2) is 0 Å². The van der Waals surface area contributed by atoms with Gasteiger partial charge in [-0.15, -0.1) is 0 Å². The van der Waals surface area contributed by atoms with Crippen molar-refractivity contribution in [2.24, 2.45) is 11.5 Å². The average Bonchev–Trinajstić information content (AvgIpc) is 2.34. The van der Waals surface area contributed by atoms with E-state index in [1.165, 1.54) is 0 Å². The lowest BCUT2D eigenvalue weighted by Gasteiger charge is -2.29. The van der Waals surface area contributed by atoms with Gasteiger partial charge < -0.3 is 20.9 Å². The fourth-order valence-electron chi connectivity index (χ4n) is 1.72. The van der Waals surface area contributed by atoms with Crippen LogP contribution in [-0.2, 0) is 14.3 Å². The number of rotatable bonds is 12. The molecule has 108 valence electrons. The highest BCUT2D eigenvalue weighted by Crippen LogP contribution is 2.03. The van der Waals surface area contributed by atoms with Gasteiger partial charge in [-0.1, -0.05) is 0 Å². The predicted molar refractivity (Wildman–Crippen MR) is 71.2 cm³/mol. The van der Waals surface area contributed by atoms with E-state index in [1.54, 1.807) is 0 Å². The second-order valence-corrected chi connectivity index (χ2v) is 3.99. The van der Waals surface area contributed by atoms with Crippen molar-refractivity contribution in [2.45, 2.75) is 26.3 Å². The Kier molecular flexibility index (Phi) is 11.0. The van der Waals surface area contributed by atoms with Gasteiger partial charge in [0.05, 0.1) is 13.2 Å². The van der Waals surface area contributed by atoms with Crippen LogP contribution in [0.3, 0.4) is 0 Å². The minimum Gasteiger partial charge on any atom is -0.380 e. The smallest absolute Gasteiger partial charge is 0.219 e. The third kappa shape index (κ3) is 8.41. The van der Waals surface area contributed by atoms with Crippen LogP contribution in [-0.4, -0.2) is 62.9 Å². The van der Waals surface area contributed by atoms with Crippen LogP contribution >= 0.6 is 0 Å². The number of hydrogen-bond acceptors (Lipinski definition) is 5. The molecule has 0 aliphatic carbocycles. The fourth-order valence-corrected chi connectivity index (χ4v) is 1.72. The summed E-state index contributed by atoms with van der Waals surface area (Å²) in [5, 5.41) is 0. The number of primary amides is 1. The van der Waals surface area contributed by atoms with E-state index in [9.17, 15) is 4.79 Å². The first-order valence-corrected chi connectivity index (χ1v) is 6.53. The molecule has 6 heteroatoms. The summed E-state index contributed by atoms with van der Waals surface area (Å²) in [5.41, 5.74) is 10.9. The number of amides is 1. The van der Waals surface area contributed by atoms with Gasteiger partial charge in [0.2, 0.25) is 5.91 Å². The molecular weight excluding hydrogens is 234 g/mol. The van der Waals surface area contributed by atoms with Gasteiger partial charge in [-0.25, -0.2) is 0 Å². The van der Waals surface area contributed by atoms with Crippen molar-refractivity contribution < 1.29 is 14.3 Å². The third-order valence-electron chi connectivity index (χ3n) is 2.68. The second kappa shape index (κ2) is 11.4. The van der Waals surface area contributed by atoms with Gasteiger partial charge in [-0.2, -0.15) is 0 Å². The number of hydrogen-bond donors (Lipinski definition) is 2. The molecule has 0 aromatic carbocycles. The first kappa shape index (κ1) is 17.3. The van der Waals surface area contributed by atoms with Crippen molar-refractivity contribution >= 4 is 5.91 Å². The molecule has 6 nitrogen and oxygen atoms in total. The molecule has 0 aromatic rings. The van der Waals surface area contributed by atoms with Crippen molar-refractivity contribution in [3.63, 3.8) is 0 Å². The van der Waals surface area contributed by atoms with E-state index in [1.807, 2.05) is 13.8 Å². The Morgan fingerprint density at radius 1 is 1.17 bits per heavy atom. The number of carbonyl (C=O) groups is 1. The molecule has 4 N–H and O–H groups in total. The molecule has 0 saturated heterocycles. The molecule has 18 heavy (non-hydrogen) atoms. The van der Waals surface area contributed by atoms with E-state index >= 15 is 0 Å². The van der Waals surface area contributed by atoms with Crippen LogP contribution in [0, 0.1) is 0 Å². The van der Waals surface area contributed by atoms with Crippen LogP contribution in [0.2, 0.25) is 0 Å². The molecule has 0 aromatic heterocycles. The molecule has 0 heterocycles. The molecule has 0 fully saturated rings. The van der Waals surface area contributed by atoms with E-state index in [2.05, 4.69) is 4.90 Å². The van der Waals surface area contributed by atoms with Crippen molar-refractivity contribution in [1.82, 2.24) is 4.90 Å². The molecule has 1 amide bonds. The molecule has 0 aliphatic rings. The Morgan fingerprint density at radius 3 is 2.00 bits per heavy atom. The monoisotopic (exact) mass is 261 g/mol. The zero-order chi connectivity index (χ0) is 13.8. The lowest BCUT2D eigenvalue weighted by molar-refractivity contribution is -0.119. The maximum Gasteiger partial charge on any atom is 0.219 e. The van der Waals surface area contributed by atoms with Crippen LogP contribution in [0.5, 0.6) is 0 Å². The first-order chi connectivity index (χ1) is 8.65. The van der Waals surface area contributed by atoms with Crippen LogP contribution in [0.25, 0.3) is 0 Å². The molecule has 0 aliphatic heterocycles. The first-order valence-electron chi connectivity index (χ1n) is 6.53. The van der Waals surface area contributed by atoms with Gasteiger partial charge in [0.15, 0.2) is 0 Å². The van der Waals surface area contributed by atoms with E-state index < -0.39 is 0 Å². The van der Waals surface area contributed by atoms with E-state index in [4.69, 9.17) is 20.9 Å². The summed E-state index contributed by atoms with van der Waals surface area (Å²) in [6, 6.07) is -0.0385. The van der Waals surface area contributed by atoms with Gasteiger partial charge in [-0.3, -0.25) is 9.69 Å².